The van der Waals surface area contributed by atoms with Gasteiger partial charge in [-0.25, -0.2) is 4.79 Å². The first-order valence-electron chi connectivity index (χ1n) is 7.16. The first-order chi connectivity index (χ1) is 10.6. The zero-order valence-corrected chi connectivity index (χ0v) is 12.0. The Hall–Kier alpha value is -2.69. The SMILES string of the molecule is O=C(OCc1ccc([N+](=O)[O-])cc1)c1ccc2c(c1)CCC2. The van der Waals surface area contributed by atoms with Crippen LogP contribution in [0.4, 0.5) is 5.69 Å². The molecular formula is C17H15NO4. The predicted octanol–water partition coefficient (Wildman–Crippen LogP) is 3.44. The van der Waals surface area contributed by atoms with Gasteiger partial charge in [-0.2, -0.15) is 0 Å². The van der Waals surface area contributed by atoms with Crippen LogP contribution in [0.1, 0.15) is 33.5 Å². The molecule has 0 heterocycles. The lowest BCUT2D eigenvalue weighted by atomic mass is 10.1. The Morgan fingerprint density at radius 1 is 1.09 bits per heavy atom. The number of fused-ring (bicyclic) bond motifs is 1. The van der Waals surface area contributed by atoms with Crippen molar-refractivity contribution in [2.24, 2.45) is 0 Å². The molecule has 2 aromatic rings. The molecule has 5 heteroatoms. The molecule has 2 aromatic carbocycles. The molecule has 0 amide bonds. The third kappa shape index (κ3) is 2.98. The van der Waals surface area contributed by atoms with Crippen molar-refractivity contribution >= 4 is 11.7 Å². The number of nitro benzene ring substituents is 1. The summed E-state index contributed by atoms with van der Waals surface area (Å²) in [6.45, 7) is 0.105. The summed E-state index contributed by atoms with van der Waals surface area (Å²) >= 11 is 0. The van der Waals surface area contributed by atoms with Crippen molar-refractivity contribution in [1.82, 2.24) is 0 Å². The molecule has 0 bridgehead atoms. The predicted molar refractivity (Wildman–Crippen MR) is 80.7 cm³/mol. The van der Waals surface area contributed by atoms with Crippen LogP contribution >= 0.6 is 0 Å². The Balaban J connectivity index is 1.63. The monoisotopic (exact) mass is 297 g/mol. The normalized spacial score (nSPS) is 12.7. The standard InChI is InChI=1S/C17H15NO4/c19-17(15-7-6-13-2-1-3-14(13)10-15)22-11-12-4-8-16(9-5-12)18(20)21/h4-10H,1-3,11H2. The van der Waals surface area contributed by atoms with Crippen LogP contribution in [0, 0.1) is 10.1 Å². The van der Waals surface area contributed by atoms with Gasteiger partial charge in [-0.05, 0) is 60.2 Å². The molecule has 5 nitrogen and oxygen atoms in total. The van der Waals surface area contributed by atoms with Gasteiger partial charge < -0.3 is 4.74 Å². The van der Waals surface area contributed by atoms with E-state index >= 15 is 0 Å². The average Bonchev–Trinajstić information content (AvgIpc) is 3.00. The number of benzene rings is 2. The lowest BCUT2D eigenvalue weighted by molar-refractivity contribution is -0.384. The van der Waals surface area contributed by atoms with Crippen molar-refractivity contribution in [2.75, 3.05) is 0 Å². The van der Waals surface area contributed by atoms with Crippen LogP contribution in [-0.2, 0) is 24.2 Å². The summed E-state index contributed by atoms with van der Waals surface area (Å²) in [6, 6.07) is 11.7. The van der Waals surface area contributed by atoms with Gasteiger partial charge in [-0.1, -0.05) is 6.07 Å². The lowest BCUT2D eigenvalue weighted by Crippen LogP contribution is -2.06. The summed E-state index contributed by atoms with van der Waals surface area (Å²) in [5, 5.41) is 10.6. The van der Waals surface area contributed by atoms with Gasteiger partial charge in [0.15, 0.2) is 0 Å². The summed E-state index contributed by atoms with van der Waals surface area (Å²) in [5.74, 6) is -0.368. The van der Waals surface area contributed by atoms with Crippen molar-refractivity contribution in [1.29, 1.82) is 0 Å². The van der Waals surface area contributed by atoms with Crippen LogP contribution < -0.4 is 0 Å². The average molecular weight is 297 g/mol. The van der Waals surface area contributed by atoms with Crippen molar-refractivity contribution in [3.63, 3.8) is 0 Å². The Morgan fingerprint density at radius 3 is 2.55 bits per heavy atom. The zero-order chi connectivity index (χ0) is 15.5. The number of hydrogen-bond acceptors (Lipinski definition) is 4. The van der Waals surface area contributed by atoms with Crippen molar-refractivity contribution in [3.8, 4) is 0 Å². The minimum absolute atomic E-state index is 0.0219. The van der Waals surface area contributed by atoms with E-state index in [1.165, 1.54) is 23.3 Å². The summed E-state index contributed by atoms with van der Waals surface area (Å²) < 4.78 is 5.27. The smallest absolute Gasteiger partial charge is 0.338 e. The van der Waals surface area contributed by atoms with E-state index < -0.39 is 4.92 Å². The largest absolute Gasteiger partial charge is 0.457 e. The van der Waals surface area contributed by atoms with Crippen molar-refractivity contribution in [3.05, 3.63) is 74.8 Å². The highest BCUT2D eigenvalue weighted by molar-refractivity contribution is 5.89. The Morgan fingerprint density at radius 2 is 1.82 bits per heavy atom. The molecular weight excluding hydrogens is 282 g/mol. The third-order valence-corrected chi connectivity index (χ3v) is 3.85. The topological polar surface area (TPSA) is 69.4 Å². The van der Waals surface area contributed by atoms with Gasteiger partial charge in [0.05, 0.1) is 10.5 Å². The first-order valence-corrected chi connectivity index (χ1v) is 7.16. The summed E-state index contributed by atoms with van der Waals surface area (Å²) in [5.41, 5.74) is 3.84. The summed E-state index contributed by atoms with van der Waals surface area (Å²) in [6.07, 6.45) is 3.23. The maximum absolute atomic E-state index is 12.1. The highest BCUT2D eigenvalue weighted by Gasteiger charge is 2.15. The highest BCUT2D eigenvalue weighted by Crippen LogP contribution is 2.23. The van der Waals surface area contributed by atoms with Gasteiger partial charge in [0.2, 0.25) is 0 Å². The van der Waals surface area contributed by atoms with Crippen molar-refractivity contribution < 1.29 is 14.5 Å². The number of ether oxygens (including phenoxy) is 1. The number of aryl methyl sites for hydroxylation is 2. The second-order valence-corrected chi connectivity index (χ2v) is 5.34. The van der Waals surface area contributed by atoms with E-state index in [1.807, 2.05) is 12.1 Å². The molecule has 22 heavy (non-hydrogen) atoms. The molecule has 1 aliphatic rings. The van der Waals surface area contributed by atoms with Gasteiger partial charge in [0, 0.05) is 12.1 Å². The molecule has 112 valence electrons. The number of nitro groups is 1. The molecule has 0 unspecified atom stereocenters. The van der Waals surface area contributed by atoms with Crippen LogP contribution in [0.25, 0.3) is 0 Å². The molecule has 0 aromatic heterocycles. The van der Waals surface area contributed by atoms with Gasteiger partial charge in [-0.15, -0.1) is 0 Å². The van der Waals surface area contributed by atoms with Crippen LogP contribution in [-0.4, -0.2) is 10.9 Å². The molecule has 1 aliphatic carbocycles. The fourth-order valence-corrected chi connectivity index (χ4v) is 2.64. The molecule has 3 rings (SSSR count). The second-order valence-electron chi connectivity index (χ2n) is 5.34. The van der Waals surface area contributed by atoms with E-state index in [9.17, 15) is 14.9 Å². The molecule has 0 spiro atoms. The molecule has 0 saturated carbocycles. The minimum Gasteiger partial charge on any atom is -0.457 e. The molecule has 0 radical (unpaired) electrons. The number of nitrogens with zero attached hydrogens (tertiary/aromatic N) is 1. The highest BCUT2D eigenvalue weighted by atomic mass is 16.6. The summed E-state index contributed by atoms with van der Waals surface area (Å²) in [7, 11) is 0. The quantitative estimate of drug-likeness (QED) is 0.492. The Kier molecular flexibility index (Phi) is 3.87. The number of non-ortho nitro benzene ring substituents is 1. The second kappa shape index (κ2) is 5.97. The number of carbonyl (C=O) groups excluding carboxylic acids is 1. The first kappa shape index (κ1) is 14.3. The number of carbonyl (C=O) groups is 1. The lowest BCUT2D eigenvalue weighted by Gasteiger charge is -2.06. The van der Waals surface area contributed by atoms with E-state index in [2.05, 4.69) is 0 Å². The van der Waals surface area contributed by atoms with E-state index in [1.54, 1.807) is 18.2 Å². The van der Waals surface area contributed by atoms with E-state index in [0.717, 1.165) is 24.8 Å². The van der Waals surface area contributed by atoms with Gasteiger partial charge in [0.1, 0.15) is 6.61 Å². The van der Waals surface area contributed by atoms with Gasteiger partial charge in [-0.3, -0.25) is 10.1 Å². The van der Waals surface area contributed by atoms with E-state index in [0.29, 0.717) is 5.56 Å². The number of rotatable bonds is 4. The molecule has 0 saturated heterocycles. The fraction of sp³-hybridized carbons (Fsp3) is 0.235. The zero-order valence-electron chi connectivity index (χ0n) is 12.0. The van der Waals surface area contributed by atoms with Crippen LogP contribution in [0.5, 0.6) is 0 Å². The Bertz CT molecular complexity index is 722. The molecule has 0 N–H and O–H groups in total. The van der Waals surface area contributed by atoms with Gasteiger partial charge >= 0.3 is 5.97 Å². The number of hydrogen-bond donors (Lipinski definition) is 0. The fourth-order valence-electron chi connectivity index (χ4n) is 2.64. The van der Waals surface area contributed by atoms with Crippen molar-refractivity contribution in [2.45, 2.75) is 25.9 Å². The van der Waals surface area contributed by atoms with Crippen LogP contribution in [0.2, 0.25) is 0 Å². The maximum Gasteiger partial charge on any atom is 0.338 e. The molecule has 0 aliphatic heterocycles. The molecule has 0 fully saturated rings. The third-order valence-electron chi connectivity index (χ3n) is 3.85. The van der Waals surface area contributed by atoms with Gasteiger partial charge in [0.25, 0.3) is 5.69 Å². The van der Waals surface area contributed by atoms with Crippen LogP contribution in [0.3, 0.4) is 0 Å². The maximum atomic E-state index is 12.1. The van der Waals surface area contributed by atoms with E-state index in [4.69, 9.17) is 4.74 Å². The van der Waals surface area contributed by atoms with Crippen LogP contribution in [0.15, 0.2) is 42.5 Å². The Labute approximate surface area is 127 Å². The summed E-state index contributed by atoms with van der Waals surface area (Å²) in [4.78, 5) is 22.2. The molecule has 0 atom stereocenters. The number of esters is 1. The van der Waals surface area contributed by atoms with E-state index in [-0.39, 0.29) is 18.3 Å². The minimum atomic E-state index is -0.458.